The first-order valence-electron chi connectivity index (χ1n) is 6.28. The number of hydrogen-bond acceptors (Lipinski definition) is 2. The van der Waals surface area contributed by atoms with Crippen molar-refractivity contribution >= 4 is 15.9 Å². The molecule has 0 aliphatic carbocycles. The van der Waals surface area contributed by atoms with E-state index in [-0.39, 0.29) is 6.61 Å². The number of aliphatic hydroxyl groups is 1. The average Bonchev–Trinajstić information content (AvgIpc) is 2.93. The monoisotopic (exact) mass is 328 g/mol. The first kappa shape index (κ1) is 13.1. The van der Waals surface area contributed by atoms with Crippen molar-refractivity contribution in [1.29, 1.82) is 0 Å². The second-order valence-corrected chi connectivity index (χ2v) is 5.34. The van der Waals surface area contributed by atoms with E-state index >= 15 is 0 Å². The molecule has 0 amide bonds. The highest BCUT2D eigenvalue weighted by atomic mass is 79.9. The molecule has 1 aromatic heterocycles. The molecule has 0 radical (unpaired) electrons. The SMILES string of the molecule is OCc1cn(-c2ccc(Br)cc2)c(-c2ccccc2)n1. The van der Waals surface area contributed by atoms with Gasteiger partial charge in [0.25, 0.3) is 0 Å². The van der Waals surface area contributed by atoms with Gasteiger partial charge in [0.05, 0.1) is 12.3 Å². The highest BCUT2D eigenvalue weighted by Gasteiger charge is 2.10. The maximum Gasteiger partial charge on any atom is 0.144 e. The first-order chi connectivity index (χ1) is 9.78. The first-order valence-corrected chi connectivity index (χ1v) is 7.08. The van der Waals surface area contributed by atoms with Crippen LogP contribution in [0, 0.1) is 0 Å². The Morgan fingerprint density at radius 2 is 1.70 bits per heavy atom. The molecule has 0 aliphatic rings. The van der Waals surface area contributed by atoms with E-state index in [0.717, 1.165) is 21.5 Å². The summed E-state index contributed by atoms with van der Waals surface area (Å²) in [4.78, 5) is 4.50. The zero-order chi connectivity index (χ0) is 13.9. The molecule has 100 valence electrons. The van der Waals surface area contributed by atoms with Crippen LogP contribution in [0.15, 0.2) is 65.3 Å². The lowest BCUT2D eigenvalue weighted by Gasteiger charge is -2.07. The summed E-state index contributed by atoms with van der Waals surface area (Å²) in [6.07, 6.45) is 1.87. The summed E-state index contributed by atoms with van der Waals surface area (Å²) in [5.41, 5.74) is 2.70. The summed E-state index contributed by atoms with van der Waals surface area (Å²) < 4.78 is 3.03. The maximum absolute atomic E-state index is 9.33. The Morgan fingerprint density at radius 3 is 2.35 bits per heavy atom. The van der Waals surface area contributed by atoms with E-state index in [0.29, 0.717) is 5.69 Å². The van der Waals surface area contributed by atoms with E-state index in [9.17, 15) is 5.11 Å². The van der Waals surface area contributed by atoms with Gasteiger partial charge in [0, 0.05) is 21.9 Å². The van der Waals surface area contributed by atoms with Crippen molar-refractivity contribution in [2.75, 3.05) is 0 Å². The van der Waals surface area contributed by atoms with Crippen molar-refractivity contribution in [3.05, 3.63) is 71.0 Å². The highest BCUT2D eigenvalue weighted by molar-refractivity contribution is 9.10. The standard InChI is InChI=1S/C16H13BrN2O/c17-13-6-8-15(9-7-13)19-10-14(11-20)18-16(19)12-4-2-1-3-5-12/h1-10,20H,11H2. The summed E-state index contributed by atoms with van der Waals surface area (Å²) in [6, 6.07) is 18.0. The fourth-order valence-electron chi connectivity index (χ4n) is 2.09. The van der Waals surface area contributed by atoms with Gasteiger partial charge >= 0.3 is 0 Å². The Kier molecular flexibility index (Phi) is 3.67. The van der Waals surface area contributed by atoms with Crippen molar-refractivity contribution in [3.8, 4) is 17.1 Å². The Balaban J connectivity index is 2.15. The summed E-state index contributed by atoms with van der Waals surface area (Å²) in [6.45, 7) is -0.0661. The van der Waals surface area contributed by atoms with Gasteiger partial charge in [-0.1, -0.05) is 46.3 Å². The molecule has 0 saturated carbocycles. The Morgan fingerprint density at radius 1 is 1.00 bits per heavy atom. The molecule has 1 N–H and O–H groups in total. The van der Waals surface area contributed by atoms with Gasteiger partial charge < -0.3 is 5.11 Å². The fourth-order valence-corrected chi connectivity index (χ4v) is 2.36. The average molecular weight is 329 g/mol. The molecule has 20 heavy (non-hydrogen) atoms. The van der Waals surface area contributed by atoms with Gasteiger partial charge in [-0.2, -0.15) is 0 Å². The minimum absolute atomic E-state index is 0.0661. The fraction of sp³-hybridized carbons (Fsp3) is 0.0625. The van der Waals surface area contributed by atoms with Gasteiger partial charge in [-0.25, -0.2) is 4.98 Å². The van der Waals surface area contributed by atoms with E-state index in [1.54, 1.807) is 0 Å². The second kappa shape index (κ2) is 5.61. The number of rotatable bonds is 3. The molecule has 0 bridgehead atoms. The quantitative estimate of drug-likeness (QED) is 0.794. The summed E-state index contributed by atoms with van der Waals surface area (Å²) in [5, 5.41) is 9.33. The summed E-state index contributed by atoms with van der Waals surface area (Å²) in [7, 11) is 0. The van der Waals surface area contributed by atoms with Crippen molar-refractivity contribution in [2.24, 2.45) is 0 Å². The smallest absolute Gasteiger partial charge is 0.144 e. The van der Waals surface area contributed by atoms with E-state index in [2.05, 4.69) is 20.9 Å². The number of hydrogen-bond donors (Lipinski definition) is 1. The van der Waals surface area contributed by atoms with Crippen LogP contribution >= 0.6 is 15.9 Å². The van der Waals surface area contributed by atoms with Crippen LogP contribution in [-0.2, 0) is 6.61 Å². The molecule has 0 aliphatic heterocycles. The second-order valence-electron chi connectivity index (χ2n) is 4.43. The Bertz CT molecular complexity index is 705. The van der Waals surface area contributed by atoms with Gasteiger partial charge in [-0.3, -0.25) is 4.57 Å². The lowest BCUT2D eigenvalue weighted by Crippen LogP contribution is -1.95. The van der Waals surface area contributed by atoms with Crippen LogP contribution in [0.25, 0.3) is 17.1 Å². The van der Waals surface area contributed by atoms with Crippen LogP contribution in [-0.4, -0.2) is 14.7 Å². The molecule has 0 saturated heterocycles. The molecule has 3 nitrogen and oxygen atoms in total. The molecular formula is C16H13BrN2O. The lowest BCUT2D eigenvalue weighted by molar-refractivity contribution is 0.277. The topological polar surface area (TPSA) is 38.0 Å². The van der Waals surface area contributed by atoms with Crippen molar-refractivity contribution in [1.82, 2.24) is 9.55 Å². The third-order valence-corrected chi connectivity index (χ3v) is 3.58. The molecule has 4 heteroatoms. The highest BCUT2D eigenvalue weighted by Crippen LogP contribution is 2.24. The maximum atomic E-state index is 9.33. The van der Waals surface area contributed by atoms with E-state index in [1.165, 1.54) is 0 Å². The van der Waals surface area contributed by atoms with E-state index in [1.807, 2.05) is 65.4 Å². The number of imidazole rings is 1. The van der Waals surface area contributed by atoms with Crippen LogP contribution in [0.4, 0.5) is 0 Å². The van der Waals surface area contributed by atoms with Crippen molar-refractivity contribution < 1.29 is 5.11 Å². The molecule has 3 aromatic rings. The number of aliphatic hydroxyl groups excluding tert-OH is 1. The predicted molar refractivity (Wildman–Crippen MR) is 82.6 cm³/mol. The number of nitrogens with zero attached hydrogens (tertiary/aromatic N) is 2. The van der Waals surface area contributed by atoms with Crippen LogP contribution in [0.1, 0.15) is 5.69 Å². The summed E-state index contributed by atoms with van der Waals surface area (Å²) in [5.74, 6) is 0.831. The number of aromatic nitrogens is 2. The van der Waals surface area contributed by atoms with Crippen LogP contribution in [0.2, 0.25) is 0 Å². The molecule has 0 atom stereocenters. The van der Waals surface area contributed by atoms with Gasteiger partial charge in [0.1, 0.15) is 5.82 Å². The third kappa shape index (κ3) is 2.53. The van der Waals surface area contributed by atoms with Gasteiger partial charge in [-0.15, -0.1) is 0 Å². The minimum Gasteiger partial charge on any atom is -0.390 e. The molecule has 3 rings (SSSR count). The third-order valence-electron chi connectivity index (χ3n) is 3.05. The van der Waals surface area contributed by atoms with Crippen LogP contribution in [0.5, 0.6) is 0 Å². The minimum atomic E-state index is -0.0661. The Labute approximate surface area is 125 Å². The Hall–Kier alpha value is -1.91. The number of halogens is 1. The number of benzene rings is 2. The van der Waals surface area contributed by atoms with Crippen molar-refractivity contribution in [2.45, 2.75) is 6.61 Å². The van der Waals surface area contributed by atoms with Gasteiger partial charge in [0.15, 0.2) is 0 Å². The van der Waals surface area contributed by atoms with E-state index in [4.69, 9.17) is 0 Å². The molecule has 2 aromatic carbocycles. The predicted octanol–water partition coefficient (Wildman–Crippen LogP) is 3.79. The molecule has 0 spiro atoms. The molecule has 1 heterocycles. The van der Waals surface area contributed by atoms with Crippen LogP contribution in [0.3, 0.4) is 0 Å². The van der Waals surface area contributed by atoms with Gasteiger partial charge in [0.2, 0.25) is 0 Å². The van der Waals surface area contributed by atoms with Gasteiger partial charge in [-0.05, 0) is 24.3 Å². The largest absolute Gasteiger partial charge is 0.390 e. The zero-order valence-corrected chi connectivity index (χ0v) is 12.3. The van der Waals surface area contributed by atoms with E-state index < -0.39 is 0 Å². The van der Waals surface area contributed by atoms with Crippen molar-refractivity contribution in [3.63, 3.8) is 0 Å². The molecular weight excluding hydrogens is 316 g/mol. The summed E-state index contributed by atoms with van der Waals surface area (Å²) >= 11 is 3.44. The van der Waals surface area contributed by atoms with Crippen LogP contribution < -0.4 is 0 Å². The lowest BCUT2D eigenvalue weighted by atomic mass is 10.2. The zero-order valence-electron chi connectivity index (χ0n) is 10.7. The normalized spacial score (nSPS) is 10.7. The molecule has 0 fully saturated rings. The molecule has 0 unspecified atom stereocenters.